The number of aryl methyl sites for hydroxylation is 2. The molecule has 0 atom stereocenters. The third kappa shape index (κ3) is 4.04. The number of nitrogens with zero attached hydrogens (tertiary/aromatic N) is 2. The van der Waals surface area contributed by atoms with E-state index in [1.807, 2.05) is 6.92 Å². The number of carboxylic acids is 1. The predicted molar refractivity (Wildman–Crippen MR) is 77.9 cm³/mol. The lowest BCUT2D eigenvalue weighted by molar-refractivity contribution is 0.0697. The molecule has 0 saturated heterocycles. The maximum absolute atomic E-state index is 11.2. The molecule has 0 bridgehead atoms. The summed E-state index contributed by atoms with van der Waals surface area (Å²) in [7, 11) is 0. The van der Waals surface area contributed by atoms with E-state index in [9.17, 15) is 4.79 Å². The second kappa shape index (κ2) is 7.21. The molecule has 114 valence electrons. The molecule has 2 aromatic rings. The van der Waals surface area contributed by atoms with Crippen LogP contribution in [0.25, 0.3) is 0 Å². The zero-order chi connectivity index (χ0) is 15.2. The van der Waals surface area contributed by atoms with Crippen molar-refractivity contribution in [1.82, 2.24) is 10.1 Å². The fourth-order valence-electron chi connectivity index (χ4n) is 1.78. The SMILES string of the molecule is CCCCc1noc(COc2cc(CC)sc2C(=O)O)n1. The van der Waals surface area contributed by atoms with Gasteiger partial charge in [-0.05, 0) is 18.9 Å². The number of hydrogen-bond acceptors (Lipinski definition) is 6. The van der Waals surface area contributed by atoms with E-state index in [1.54, 1.807) is 6.07 Å². The Morgan fingerprint density at radius 1 is 1.48 bits per heavy atom. The summed E-state index contributed by atoms with van der Waals surface area (Å²) in [5, 5.41) is 13.0. The van der Waals surface area contributed by atoms with Gasteiger partial charge in [0.05, 0.1) is 0 Å². The van der Waals surface area contributed by atoms with Gasteiger partial charge in [-0.15, -0.1) is 11.3 Å². The highest BCUT2D eigenvalue weighted by Crippen LogP contribution is 2.30. The van der Waals surface area contributed by atoms with Crippen LogP contribution in [-0.4, -0.2) is 21.2 Å². The van der Waals surface area contributed by atoms with Gasteiger partial charge in [-0.3, -0.25) is 0 Å². The Bertz CT molecular complexity index is 606. The summed E-state index contributed by atoms with van der Waals surface area (Å²) in [5.74, 6) is 0.400. The number of carboxylic acid groups (broad SMARTS) is 1. The van der Waals surface area contributed by atoms with Gasteiger partial charge in [0.1, 0.15) is 5.75 Å². The Morgan fingerprint density at radius 2 is 2.29 bits per heavy atom. The number of aromatic carboxylic acids is 1. The summed E-state index contributed by atoms with van der Waals surface area (Å²) in [5.41, 5.74) is 0. The zero-order valence-corrected chi connectivity index (χ0v) is 12.9. The summed E-state index contributed by atoms with van der Waals surface area (Å²) in [6.45, 7) is 4.15. The molecule has 0 fully saturated rings. The van der Waals surface area contributed by atoms with Crippen LogP contribution in [0.1, 0.15) is 53.0 Å². The Labute approximate surface area is 126 Å². The zero-order valence-electron chi connectivity index (χ0n) is 12.1. The first-order valence-electron chi connectivity index (χ1n) is 6.94. The van der Waals surface area contributed by atoms with E-state index in [4.69, 9.17) is 14.4 Å². The minimum Gasteiger partial charge on any atom is -0.482 e. The first-order valence-corrected chi connectivity index (χ1v) is 7.76. The summed E-state index contributed by atoms with van der Waals surface area (Å²) >= 11 is 1.23. The molecule has 0 aromatic carbocycles. The van der Waals surface area contributed by atoms with E-state index >= 15 is 0 Å². The van der Waals surface area contributed by atoms with Crippen molar-refractivity contribution < 1.29 is 19.2 Å². The van der Waals surface area contributed by atoms with Gasteiger partial charge in [0.15, 0.2) is 17.3 Å². The van der Waals surface area contributed by atoms with Gasteiger partial charge in [0.25, 0.3) is 5.89 Å². The molecular weight excluding hydrogens is 292 g/mol. The topological polar surface area (TPSA) is 85.5 Å². The average Bonchev–Trinajstić information content (AvgIpc) is 3.09. The van der Waals surface area contributed by atoms with Gasteiger partial charge in [0, 0.05) is 11.3 Å². The van der Waals surface area contributed by atoms with Crippen LogP contribution in [0.15, 0.2) is 10.6 Å². The minimum atomic E-state index is -0.983. The molecular formula is C14H18N2O4S. The lowest BCUT2D eigenvalue weighted by Crippen LogP contribution is -2.00. The lowest BCUT2D eigenvalue weighted by Gasteiger charge is -2.01. The van der Waals surface area contributed by atoms with Crippen molar-refractivity contribution in [2.24, 2.45) is 0 Å². The third-order valence-corrected chi connectivity index (χ3v) is 4.16. The molecule has 2 heterocycles. The van der Waals surface area contributed by atoms with Crippen LogP contribution in [0, 0.1) is 0 Å². The quantitative estimate of drug-likeness (QED) is 0.805. The summed E-state index contributed by atoms with van der Waals surface area (Å²) in [6, 6.07) is 1.75. The van der Waals surface area contributed by atoms with Crippen molar-refractivity contribution >= 4 is 17.3 Å². The number of rotatable bonds is 8. The van der Waals surface area contributed by atoms with Crippen LogP contribution in [0.2, 0.25) is 0 Å². The highest BCUT2D eigenvalue weighted by molar-refractivity contribution is 7.14. The molecule has 0 amide bonds. The number of aromatic nitrogens is 2. The van der Waals surface area contributed by atoms with E-state index in [2.05, 4.69) is 17.1 Å². The molecule has 2 rings (SSSR count). The van der Waals surface area contributed by atoms with Crippen molar-refractivity contribution in [3.8, 4) is 5.75 Å². The number of unbranched alkanes of at least 4 members (excludes halogenated alkanes) is 1. The van der Waals surface area contributed by atoms with Crippen LogP contribution in [0.4, 0.5) is 0 Å². The standard InChI is InChI=1S/C14H18N2O4S/c1-3-5-6-11-15-12(20-16-11)8-19-10-7-9(4-2)21-13(10)14(17)18/h7H,3-6,8H2,1-2H3,(H,17,18). The molecule has 0 aliphatic rings. The highest BCUT2D eigenvalue weighted by Gasteiger charge is 2.17. The fourth-order valence-corrected chi connectivity index (χ4v) is 2.66. The molecule has 0 unspecified atom stereocenters. The van der Waals surface area contributed by atoms with E-state index < -0.39 is 5.97 Å². The van der Waals surface area contributed by atoms with Crippen molar-refractivity contribution in [3.63, 3.8) is 0 Å². The molecule has 0 spiro atoms. The van der Waals surface area contributed by atoms with Gasteiger partial charge in [0.2, 0.25) is 0 Å². The molecule has 2 aromatic heterocycles. The summed E-state index contributed by atoms with van der Waals surface area (Å²) in [6.07, 6.45) is 3.62. The van der Waals surface area contributed by atoms with E-state index in [0.29, 0.717) is 17.5 Å². The van der Waals surface area contributed by atoms with Crippen LogP contribution in [-0.2, 0) is 19.4 Å². The van der Waals surface area contributed by atoms with Crippen molar-refractivity contribution in [3.05, 3.63) is 27.5 Å². The number of carbonyl (C=O) groups is 1. The summed E-state index contributed by atoms with van der Waals surface area (Å²) < 4.78 is 10.6. The van der Waals surface area contributed by atoms with Crippen LogP contribution in [0.5, 0.6) is 5.75 Å². The fraction of sp³-hybridized carbons (Fsp3) is 0.500. The maximum atomic E-state index is 11.2. The summed E-state index contributed by atoms with van der Waals surface area (Å²) in [4.78, 5) is 16.6. The molecule has 21 heavy (non-hydrogen) atoms. The van der Waals surface area contributed by atoms with Crippen LogP contribution in [0.3, 0.4) is 0 Å². The third-order valence-electron chi connectivity index (χ3n) is 2.91. The normalized spacial score (nSPS) is 10.8. The van der Waals surface area contributed by atoms with Crippen LogP contribution >= 0.6 is 11.3 Å². The van der Waals surface area contributed by atoms with E-state index in [1.165, 1.54) is 11.3 Å². The molecule has 0 radical (unpaired) electrons. The van der Waals surface area contributed by atoms with Gasteiger partial charge in [-0.1, -0.05) is 25.4 Å². The second-order valence-corrected chi connectivity index (χ2v) is 5.70. The Hall–Kier alpha value is -1.89. The van der Waals surface area contributed by atoms with E-state index in [0.717, 1.165) is 30.6 Å². The van der Waals surface area contributed by atoms with Gasteiger partial charge < -0.3 is 14.4 Å². The van der Waals surface area contributed by atoms with Crippen molar-refractivity contribution in [1.29, 1.82) is 0 Å². The predicted octanol–water partition coefficient (Wildman–Crippen LogP) is 3.31. The van der Waals surface area contributed by atoms with Gasteiger partial charge in [-0.25, -0.2) is 4.79 Å². The monoisotopic (exact) mass is 310 g/mol. The van der Waals surface area contributed by atoms with Gasteiger partial charge in [-0.2, -0.15) is 4.98 Å². The smallest absolute Gasteiger partial charge is 0.349 e. The maximum Gasteiger partial charge on any atom is 0.349 e. The molecule has 0 aliphatic heterocycles. The molecule has 6 nitrogen and oxygen atoms in total. The number of thiophene rings is 1. The molecule has 0 aliphatic carbocycles. The first-order chi connectivity index (χ1) is 10.1. The van der Waals surface area contributed by atoms with Crippen molar-refractivity contribution in [2.45, 2.75) is 46.1 Å². The van der Waals surface area contributed by atoms with Gasteiger partial charge >= 0.3 is 5.97 Å². The molecule has 7 heteroatoms. The molecule has 1 N–H and O–H groups in total. The Kier molecular flexibility index (Phi) is 5.32. The Balaban J connectivity index is 2.00. The van der Waals surface area contributed by atoms with Crippen molar-refractivity contribution in [2.75, 3.05) is 0 Å². The minimum absolute atomic E-state index is 0.0826. The lowest BCUT2D eigenvalue weighted by atomic mass is 10.2. The van der Waals surface area contributed by atoms with E-state index in [-0.39, 0.29) is 11.5 Å². The van der Waals surface area contributed by atoms with Crippen LogP contribution < -0.4 is 4.74 Å². The number of ether oxygens (including phenoxy) is 1. The average molecular weight is 310 g/mol. The highest BCUT2D eigenvalue weighted by atomic mass is 32.1. The second-order valence-electron chi connectivity index (χ2n) is 4.56. The Morgan fingerprint density at radius 3 is 2.95 bits per heavy atom. The largest absolute Gasteiger partial charge is 0.482 e. The molecule has 0 saturated carbocycles. The first kappa shape index (κ1) is 15.5. The number of hydrogen-bond donors (Lipinski definition) is 1.